The van der Waals surface area contributed by atoms with Gasteiger partial charge in [0, 0.05) is 22.4 Å². The molecule has 11 heteroatoms. The van der Waals surface area contributed by atoms with Gasteiger partial charge >= 0.3 is 0 Å². The first-order chi connectivity index (χ1) is 21.2. The summed E-state index contributed by atoms with van der Waals surface area (Å²) in [6.45, 7) is -0.314. The Kier molecular flexibility index (Phi) is 10.0. The molecule has 1 heterocycles. The second kappa shape index (κ2) is 13.6. The van der Waals surface area contributed by atoms with E-state index in [0.717, 1.165) is 6.07 Å². The molecule has 6 fully saturated rings. The molecule has 8 nitrogen and oxygen atoms in total. The number of aliphatic hydroxyl groups is 1. The van der Waals surface area contributed by atoms with Gasteiger partial charge in [-0.2, -0.15) is 0 Å². The van der Waals surface area contributed by atoms with Gasteiger partial charge in [0.25, 0.3) is 5.91 Å². The lowest BCUT2D eigenvalue weighted by Crippen LogP contribution is -2.70. The van der Waals surface area contributed by atoms with Crippen LogP contribution in [0.4, 0.5) is 4.39 Å². The van der Waals surface area contributed by atoms with Gasteiger partial charge in [-0.3, -0.25) is 14.9 Å². The SMILES string of the molecule is O=C(COc1ccc(Cl)c(F)c1)NC12CCC(NC(=O)COC3NC4CCCCC4(C4CCCCCCC4)S3)(CC1)[C@@H](O)C2. The number of nitrogens with one attached hydrogen (secondary N) is 3. The van der Waals surface area contributed by atoms with Crippen molar-refractivity contribution in [3.05, 3.63) is 29.0 Å². The van der Waals surface area contributed by atoms with Gasteiger partial charge in [-0.05, 0) is 75.8 Å². The minimum atomic E-state index is -0.787. The fourth-order valence-electron chi connectivity index (χ4n) is 8.72. The van der Waals surface area contributed by atoms with Crippen LogP contribution < -0.4 is 20.7 Å². The van der Waals surface area contributed by atoms with Gasteiger partial charge in [0.2, 0.25) is 5.91 Å². The predicted octanol–water partition coefficient (Wildman–Crippen LogP) is 5.59. The number of benzene rings is 1. The zero-order valence-corrected chi connectivity index (χ0v) is 27.1. The molecule has 44 heavy (non-hydrogen) atoms. The molecule has 7 rings (SSSR count). The van der Waals surface area contributed by atoms with Gasteiger partial charge in [0.05, 0.1) is 16.7 Å². The van der Waals surface area contributed by atoms with Gasteiger partial charge < -0.3 is 25.2 Å². The van der Waals surface area contributed by atoms with Crippen LogP contribution in [0.3, 0.4) is 0 Å². The summed E-state index contributed by atoms with van der Waals surface area (Å²) in [4.78, 5) is 25.9. The van der Waals surface area contributed by atoms with Gasteiger partial charge in [-0.1, -0.05) is 56.5 Å². The highest BCUT2D eigenvalue weighted by molar-refractivity contribution is 8.01. The highest BCUT2D eigenvalue weighted by Crippen LogP contribution is 2.54. The number of rotatable bonds is 9. The second-order valence-electron chi connectivity index (χ2n) is 13.8. The van der Waals surface area contributed by atoms with Crippen molar-refractivity contribution in [2.75, 3.05) is 13.2 Å². The first kappa shape index (κ1) is 32.4. The first-order valence-corrected chi connectivity index (χ1v) is 17.9. The molecule has 1 saturated heterocycles. The molecule has 2 bridgehead atoms. The zero-order valence-electron chi connectivity index (χ0n) is 25.5. The Balaban J connectivity index is 0.981. The van der Waals surface area contributed by atoms with E-state index in [-0.39, 0.29) is 46.1 Å². The van der Waals surface area contributed by atoms with Crippen LogP contribution in [0.1, 0.15) is 103 Å². The molecule has 1 aliphatic heterocycles. The van der Waals surface area contributed by atoms with Crippen LogP contribution in [0, 0.1) is 11.7 Å². The summed E-state index contributed by atoms with van der Waals surface area (Å²) < 4.78 is 25.6. The molecule has 3 unspecified atom stereocenters. The van der Waals surface area contributed by atoms with E-state index < -0.39 is 23.0 Å². The molecule has 2 amide bonds. The van der Waals surface area contributed by atoms with E-state index in [9.17, 15) is 19.1 Å². The monoisotopic (exact) mass is 651 g/mol. The maximum Gasteiger partial charge on any atom is 0.258 e. The summed E-state index contributed by atoms with van der Waals surface area (Å²) in [5.41, 5.74) is -1.46. The van der Waals surface area contributed by atoms with Crippen LogP contribution in [0.2, 0.25) is 5.02 Å². The third kappa shape index (κ3) is 6.89. The molecular weight excluding hydrogens is 605 g/mol. The van der Waals surface area contributed by atoms with Crippen molar-refractivity contribution in [1.29, 1.82) is 0 Å². The third-order valence-corrected chi connectivity index (χ3v) is 13.2. The molecule has 6 aliphatic rings. The molecule has 1 aromatic rings. The normalized spacial score (nSPS) is 35.8. The number of carbonyl (C=O) groups is 2. The second-order valence-corrected chi connectivity index (χ2v) is 15.7. The minimum Gasteiger partial charge on any atom is -0.484 e. The maximum atomic E-state index is 13.7. The van der Waals surface area contributed by atoms with Crippen LogP contribution in [-0.2, 0) is 14.3 Å². The molecule has 0 radical (unpaired) electrons. The van der Waals surface area contributed by atoms with Gasteiger partial charge in [0.15, 0.2) is 12.2 Å². The maximum absolute atomic E-state index is 13.7. The Hall–Kier alpha value is -1.59. The summed E-state index contributed by atoms with van der Waals surface area (Å²) in [6.07, 6.45) is 16.2. The number of fused-ring (bicyclic) bond motifs is 4. The number of carbonyl (C=O) groups excluding carboxylic acids is 2. The number of amides is 2. The quantitative estimate of drug-likeness (QED) is 0.276. The Bertz CT molecular complexity index is 1190. The average molecular weight is 652 g/mol. The van der Waals surface area contributed by atoms with Crippen LogP contribution in [-0.4, -0.2) is 63.7 Å². The van der Waals surface area contributed by atoms with Crippen molar-refractivity contribution < 1.29 is 28.6 Å². The average Bonchev–Trinajstić information content (AvgIpc) is 3.37. The minimum absolute atomic E-state index is 0.0123. The van der Waals surface area contributed by atoms with Crippen LogP contribution >= 0.6 is 23.4 Å². The fraction of sp³-hybridized carbons (Fsp3) is 0.758. The lowest BCUT2D eigenvalue weighted by Gasteiger charge is -2.56. The number of hydrogen-bond donors (Lipinski definition) is 4. The Labute approximate surface area is 269 Å². The number of aliphatic hydroxyl groups excluding tert-OH is 1. The van der Waals surface area contributed by atoms with Crippen LogP contribution in [0.5, 0.6) is 5.75 Å². The molecule has 1 aromatic carbocycles. The van der Waals surface area contributed by atoms with Gasteiger partial charge in [0.1, 0.15) is 18.2 Å². The summed E-state index contributed by atoms with van der Waals surface area (Å²) >= 11 is 7.65. The van der Waals surface area contributed by atoms with E-state index in [1.807, 2.05) is 11.8 Å². The summed E-state index contributed by atoms with van der Waals surface area (Å²) in [7, 11) is 0. The van der Waals surface area contributed by atoms with E-state index in [0.29, 0.717) is 44.1 Å². The van der Waals surface area contributed by atoms with Crippen LogP contribution in [0.15, 0.2) is 18.2 Å². The largest absolute Gasteiger partial charge is 0.484 e. The number of halogens is 2. The number of thioether (sulfide) groups is 1. The molecule has 5 aliphatic carbocycles. The molecule has 244 valence electrons. The van der Waals surface area contributed by atoms with E-state index in [2.05, 4.69) is 16.0 Å². The van der Waals surface area contributed by atoms with Crippen molar-refractivity contribution in [2.24, 2.45) is 5.92 Å². The first-order valence-electron chi connectivity index (χ1n) is 16.6. The highest BCUT2D eigenvalue weighted by atomic mass is 35.5. The predicted molar refractivity (Wildman–Crippen MR) is 169 cm³/mol. The molecule has 4 atom stereocenters. The molecule has 0 aromatic heterocycles. The van der Waals surface area contributed by atoms with Crippen molar-refractivity contribution in [3.63, 3.8) is 0 Å². The highest BCUT2D eigenvalue weighted by Gasteiger charge is 2.56. The van der Waals surface area contributed by atoms with E-state index >= 15 is 0 Å². The molecular formula is C33H47ClFN3O5S. The van der Waals surface area contributed by atoms with Crippen LogP contribution in [0.25, 0.3) is 0 Å². The van der Waals surface area contributed by atoms with E-state index in [1.54, 1.807) is 0 Å². The molecule has 0 spiro atoms. The molecule has 5 saturated carbocycles. The van der Waals surface area contributed by atoms with Crippen molar-refractivity contribution in [3.8, 4) is 5.75 Å². The topological polar surface area (TPSA) is 109 Å². The zero-order chi connectivity index (χ0) is 30.8. The number of hydrogen-bond acceptors (Lipinski definition) is 7. The Morgan fingerprint density at radius 1 is 0.955 bits per heavy atom. The number of ether oxygens (including phenoxy) is 2. The Morgan fingerprint density at radius 2 is 1.66 bits per heavy atom. The Morgan fingerprint density at radius 3 is 2.39 bits per heavy atom. The summed E-state index contributed by atoms with van der Waals surface area (Å²) in [6, 6.07) is 4.47. The van der Waals surface area contributed by atoms with Crippen molar-refractivity contribution in [2.45, 2.75) is 136 Å². The smallest absolute Gasteiger partial charge is 0.258 e. The van der Waals surface area contributed by atoms with E-state index in [1.165, 1.54) is 82.8 Å². The lowest BCUT2D eigenvalue weighted by molar-refractivity contribution is -0.139. The van der Waals surface area contributed by atoms with Crippen molar-refractivity contribution in [1.82, 2.24) is 16.0 Å². The fourth-order valence-corrected chi connectivity index (χ4v) is 10.6. The lowest BCUT2D eigenvalue weighted by atomic mass is 9.60. The van der Waals surface area contributed by atoms with Crippen molar-refractivity contribution >= 4 is 35.2 Å². The van der Waals surface area contributed by atoms with E-state index in [4.69, 9.17) is 21.1 Å². The van der Waals surface area contributed by atoms with Gasteiger partial charge in [-0.25, -0.2) is 4.39 Å². The summed E-state index contributed by atoms with van der Waals surface area (Å²) in [5, 5.41) is 21.1. The van der Waals surface area contributed by atoms with Gasteiger partial charge in [-0.15, -0.1) is 11.8 Å². The summed E-state index contributed by atoms with van der Waals surface area (Å²) in [5.74, 6) is -0.225. The molecule has 4 N–H and O–H groups in total. The standard InChI is InChI=1S/C33H47ClFN3O5S/c34-24-12-11-23(18-25(24)35)42-20-28(40)37-31-14-16-32(17-15-31,27(39)19-31)38-29(41)21-43-30-36-26-10-6-7-13-33(26,44-30)22-8-4-2-1-3-5-9-22/h11-12,18,22,26-27,30,36,39H,1-10,13-17,19-21H2,(H,37,40)(H,38,41)/t26?,27-,30?,31?,32?,33?/m0/s1. The third-order valence-electron chi connectivity index (χ3n) is 11.1.